The Hall–Kier alpha value is -3.00. The number of benzene rings is 2. The van der Waals surface area contributed by atoms with Crippen LogP contribution in [0.2, 0.25) is 0 Å². The molecule has 6 atom stereocenters. The highest BCUT2D eigenvalue weighted by Gasteiger charge is 2.43. The van der Waals surface area contributed by atoms with Crippen LogP contribution < -0.4 is 0 Å². The molecule has 2 heterocycles. The quantitative estimate of drug-likeness (QED) is 0.520. The van der Waals surface area contributed by atoms with Crippen molar-refractivity contribution in [3.05, 3.63) is 79.9 Å². The number of aliphatic hydroxyl groups excluding tert-OH is 2. The monoisotopic (exact) mass is 448 g/mol. The molecule has 2 aromatic rings. The van der Waals surface area contributed by atoms with Crippen LogP contribution >= 0.6 is 0 Å². The van der Waals surface area contributed by atoms with Crippen LogP contribution in [0, 0.1) is 20.2 Å². The molecular weight excluding hydrogens is 428 g/mol. The van der Waals surface area contributed by atoms with Crippen molar-refractivity contribution in [3.8, 4) is 0 Å². The standard InChI is InChI=1S/C20H20N2O10/c23-15-9-29-19(11-3-1-5-13(7-11)21(25)26)31-16-10-30-20(32-18(15)17(16)24)12-4-2-6-14(8-12)22(27)28/h1-8,15-20,23-24H,9-10H2/t15-,16+,17+,18+,19?,20?/m1/s1. The highest BCUT2D eigenvalue weighted by atomic mass is 16.7. The molecule has 2 saturated heterocycles. The number of hydrogen-bond donors (Lipinski definition) is 2. The second kappa shape index (κ2) is 9.24. The average molecular weight is 448 g/mol. The molecule has 0 saturated carbocycles. The van der Waals surface area contributed by atoms with E-state index in [9.17, 15) is 30.4 Å². The van der Waals surface area contributed by atoms with E-state index in [2.05, 4.69) is 0 Å². The largest absolute Gasteiger partial charge is 0.388 e. The Bertz CT molecular complexity index is 946. The van der Waals surface area contributed by atoms with Gasteiger partial charge in [-0.2, -0.15) is 0 Å². The van der Waals surface area contributed by atoms with Crippen molar-refractivity contribution in [2.45, 2.75) is 37.0 Å². The van der Waals surface area contributed by atoms with Gasteiger partial charge in [-0.05, 0) is 0 Å². The van der Waals surface area contributed by atoms with Gasteiger partial charge in [0.25, 0.3) is 11.4 Å². The lowest BCUT2D eigenvalue weighted by Crippen LogP contribution is -2.50. The molecule has 0 aliphatic carbocycles. The first-order chi connectivity index (χ1) is 15.3. The number of ether oxygens (including phenoxy) is 4. The van der Waals surface area contributed by atoms with Gasteiger partial charge < -0.3 is 29.2 Å². The van der Waals surface area contributed by atoms with Gasteiger partial charge in [0, 0.05) is 35.4 Å². The van der Waals surface area contributed by atoms with Crippen LogP contribution in [-0.2, 0) is 18.9 Å². The van der Waals surface area contributed by atoms with Crippen LogP contribution in [0.5, 0.6) is 0 Å². The molecule has 32 heavy (non-hydrogen) atoms. The summed E-state index contributed by atoms with van der Waals surface area (Å²) < 4.78 is 22.9. The van der Waals surface area contributed by atoms with E-state index in [1.165, 1.54) is 36.4 Å². The minimum Gasteiger partial charge on any atom is -0.388 e. The Kier molecular flexibility index (Phi) is 6.41. The second-order valence-corrected chi connectivity index (χ2v) is 7.37. The number of nitrogens with zero attached hydrogens (tertiary/aromatic N) is 2. The first-order valence-corrected chi connectivity index (χ1v) is 9.72. The molecule has 0 amide bonds. The summed E-state index contributed by atoms with van der Waals surface area (Å²) in [6.45, 7) is -0.490. The van der Waals surface area contributed by atoms with Crippen molar-refractivity contribution in [2.24, 2.45) is 0 Å². The number of nitro benzene ring substituents is 2. The summed E-state index contributed by atoms with van der Waals surface area (Å²) in [5.41, 5.74) is 0.335. The maximum atomic E-state index is 11.1. The first-order valence-electron chi connectivity index (χ1n) is 9.72. The van der Waals surface area contributed by atoms with Gasteiger partial charge in [0.05, 0.1) is 23.1 Å². The van der Waals surface area contributed by atoms with Gasteiger partial charge in [-0.3, -0.25) is 20.2 Å². The predicted octanol–water partition coefficient (Wildman–Crippen LogP) is 1.75. The molecule has 2 fully saturated rings. The van der Waals surface area contributed by atoms with E-state index in [0.29, 0.717) is 11.1 Å². The van der Waals surface area contributed by atoms with E-state index in [0.717, 1.165) is 0 Å². The Morgan fingerprint density at radius 2 is 1.34 bits per heavy atom. The molecule has 12 nitrogen and oxygen atoms in total. The molecule has 2 N–H and O–H groups in total. The summed E-state index contributed by atoms with van der Waals surface area (Å²) in [5, 5.41) is 43.6. The van der Waals surface area contributed by atoms with Crippen LogP contribution in [0.3, 0.4) is 0 Å². The minimum atomic E-state index is -1.32. The van der Waals surface area contributed by atoms with Gasteiger partial charge in [-0.15, -0.1) is 0 Å². The van der Waals surface area contributed by atoms with Gasteiger partial charge in [0.15, 0.2) is 12.6 Å². The van der Waals surface area contributed by atoms with Crippen LogP contribution in [0.4, 0.5) is 11.4 Å². The van der Waals surface area contributed by atoms with Crippen molar-refractivity contribution in [2.75, 3.05) is 13.2 Å². The van der Waals surface area contributed by atoms with Crippen LogP contribution in [0.25, 0.3) is 0 Å². The zero-order valence-corrected chi connectivity index (χ0v) is 16.6. The number of hydrogen-bond acceptors (Lipinski definition) is 10. The highest BCUT2D eigenvalue weighted by molar-refractivity contribution is 5.35. The van der Waals surface area contributed by atoms with E-state index in [1.54, 1.807) is 12.1 Å². The molecule has 4 rings (SSSR count). The van der Waals surface area contributed by atoms with Gasteiger partial charge >= 0.3 is 0 Å². The van der Waals surface area contributed by atoms with Crippen LogP contribution in [0.15, 0.2) is 48.5 Å². The van der Waals surface area contributed by atoms with E-state index < -0.39 is 46.8 Å². The summed E-state index contributed by atoms with van der Waals surface area (Å²) in [4.78, 5) is 21.1. The van der Waals surface area contributed by atoms with Gasteiger partial charge in [0.2, 0.25) is 0 Å². The fourth-order valence-corrected chi connectivity index (χ4v) is 3.59. The van der Waals surface area contributed by atoms with E-state index in [1.807, 2.05) is 0 Å². The SMILES string of the molecule is O=[N+]([O-])c1cccc(C2OC[C@@H]3OC(c4cccc([N+](=O)[O-])c4)OC[C@@H](O)[C@H](O2)[C@H]3O)c1. The van der Waals surface area contributed by atoms with E-state index >= 15 is 0 Å². The molecule has 0 spiro atoms. The fraction of sp³-hybridized carbons (Fsp3) is 0.400. The second-order valence-electron chi connectivity index (χ2n) is 7.37. The van der Waals surface area contributed by atoms with E-state index in [-0.39, 0.29) is 24.6 Å². The number of rotatable bonds is 4. The van der Waals surface area contributed by atoms with Crippen molar-refractivity contribution in [1.82, 2.24) is 0 Å². The Morgan fingerprint density at radius 3 is 1.91 bits per heavy atom. The zero-order valence-electron chi connectivity index (χ0n) is 16.6. The van der Waals surface area contributed by atoms with Crippen molar-refractivity contribution in [3.63, 3.8) is 0 Å². The molecule has 2 aromatic carbocycles. The summed E-state index contributed by atoms with van der Waals surface area (Å²) in [6.07, 6.45) is -7.00. The first kappa shape index (κ1) is 22.2. The molecular formula is C20H20N2O10. The number of aliphatic hydroxyl groups is 2. The lowest BCUT2D eigenvalue weighted by Gasteiger charge is -2.35. The lowest BCUT2D eigenvalue weighted by molar-refractivity contribution is -0.385. The number of nitro groups is 2. The minimum absolute atomic E-state index is 0.164. The molecule has 12 heteroatoms. The number of fused-ring (bicyclic) bond motifs is 2. The maximum Gasteiger partial charge on any atom is 0.269 e. The Morgan fingerprint density at radius 1 is 0.812 bits per heavy atom. The van der Waals surface area contributed by atoms with Crippen molar-refractivity contribution in [1.29, 1.82) is 0 Å². The average Bonchev–Trinajstić information content (AvgIpc) is 2.96. The third kappa shape index (κ3) is 4.60. The third-order valence-electron chi connectivity index (χ3n) is 5.21. The van der Waals surface area contributed by atoms with Crippen LogP contribution in [0.1, 0.15) is 23.7 Å². The number of non-ortho nitro benzene ring substituents is 2. The van der Waals surface area contributed by atoms with Gasteiger partial charge in [0.1, 0.15) is 24.4 Å². The maximum absolute atomic E-state index is 11.1. The summed E-state index contributed by atoms with van der Waals surface area (Å²) in [5.74, 6) is 0. The summed E-state index contributed by atoms with van der Waals surface area (Å²) in [7, 11) is 0. The Balaban J connectivity index is 1.59. The molecule has 0 aromatic heterocycles. The zero-order chi connectivity index (χ0) is 22.8. The fourth-order valence-electron chi connectivity index (χ4n) is 3.59. The molecule has 2 aliphatic rings. The molecule has 2 unspecified atom stereocenters. The topological polar surface area (TPSA) is 164 Å². The summed E-state index contributed by atoms with van der Waals surface area (Å²) >= 11 is 0. The highest BCUT2D eigenvalue weighted by Crippen LogP contribution is 2.35. The molecule has 2 bridgehead atoms. The smallest absolute Gasteiger partial charge is 0.269 e. The molecule has 170 valence electrons. The van der Waals surface area contributed by atoms with E-state index in [4.69, 9.17) is 18.9 Å². The van der Waals surface area contributed by atoms with Crippen molar-refractivity contribution < 1.29 is 39.0 Å². The van der Waals surface area contributed by atoms with Crippen molar-refractivity contribution >= 4 is 11.4 Å². The van der Waals surface area contributed by atoms with Gasteiger partial charge in [-0.25, -0.2) is 0 Å². The normalized spacial score (nSPS) is 30.6. The predicted molar refractivity (Wildman–Crippen MR) is 105 cm³/mol. The lowest BCUT2D eigenvalue weighted by atomic mass is 10.0. The Labute approximate surface area is 181 Å². The summed E-state index contributed by atoms with van der Waals surface area (Å²) in [6, 6.07) is 11.3. The van der Waals surface area contributed by atoms with Gasteiger partial charge in [-0.1, -0.05) is 24.3 Å². The van der Waals surface area contributed by atoms with Crippen LogP contribution in [-0.4, -0.2) is 57.7 Å². The third-order valence-corrected chi connectivity index (χ3v) is 5.21. The molecule has 2 aliphatic heterocycles. The molecule has 0 radical (unpaired) electrons.